The van der Waals surface area contributed by atoms with Crippen LogP contribution in [0.3, 0.4) is 0 Å². The number of rotatable bonds is 3. The minimum Gasteiger partial charge on any atom is -0.497 e. The summed E-state index contributed by atoms with van der Waals surface area (Å²) in [6.45, 7) is 3.79. The number of amides is 1. The molecule has 3 fully saturated rings. The monoisotopic (exact) mass is 314 g/mol. The molecule has 1 aromatic carbocycles. The van der Waals surface area contributed by atoms with Crippen LogP contribution < -0.4 is 4.74 Å². The summed E-state index contributed by atoms with van der Waals surface area (Å²) in [5.74, 6) is 2.87. The predicted octanol–water partition coefficient (Wildman–Crippen LogP) is 2.64. The lowest BCUT2D eigenvalue weighted by molar-refractivity contribution is 0.0496. The van der Waals surface area contributed by atoms with Crippen LogP contribution in [0.2, 0.25) is 0 Å². The van der Waals surface area contributed by atoms with E-state index in [4.69, 9.17) is 4.74 Å². The molecule has 0 N–H and O–H groups in total. The molecule has 1 heterocycles. The minimum atomic E-state index is 0.153. The van der Waals surface area contributed by atoms with Gasteiger partial charge >= 0.3 is 0 Å². The van der Waals surface area contributed by atoms with Gasteiger partial charge in [0.15, 0.2) is 0 Å². The molecule has 3 aliphatic rings. The number of carbonyl (C=O) groups is 1. The van der Waals surface area contributed by atoms with E-state index in [0.717, 1.165) is 55.4 Å². The van der Waals surface area contributed by atoms with Gasteiger partial charge in [0.2, 0.25) is 0 Å². The van der Waals surface area contributed by atoms with Gasteiger partial charge in [-0.2, -0.15) is 0 Å². The molecule has 124 valence electrons. The maximum absolute atomic E-state index is 12.6. The quantitative estimate of drug-likeness (QED) is 0.860. The third-order valence-electron chi connectivity index (χ3n) is 6.11. The zero-order valence-corrected chi connectivity index (χ0v) is 13.9. The summed E-state index contributed by atoms with van der Waals surface area (Å²) < 4.78 is 5.16. The maximum Gasteiger partial charge on any atom is 0.253 e. The first kappa shape index (κ1) is 15.0. The van der Waals surface area contributed by atoms with Gasteiger partial charge < -0.3 is 9.64 Å². The lowest BCUT2D eigenvalue weighted by Gasteiger charge is -2.41. The molecule has 23 heavy (non-hydrogen) atoms. The Kier molecular flexibility index (Phi) is 4.02. The Balaban J connectivity index is 1.34. The Labute approximate surface area is 138 Å². The molecule has 2 saturated carbocycles. The van der Waals surface area contributed by atoms with E-state index in [2.05, 4.69) is 4.90 Å². The van der Waals surface area contributed by atoms with E-state index >= 15 is 0 Å². The van der Waals surface area contributed by atoms with E-state index in [-0.39, 0.29) is 5.91 Å². The van der Waals surface area contributed by atoms with Gasteiger partial charge in [0.1, 0.15) is 5.75 Å². The van der Waals surface area contributed by atoms with Gasteiger partial charge in [0.05, 0.1) is 7.11 Å². The smallest absolute Gasteiger partial charge is 0.253 e. The van der Waals surface area contributed by atoms with Gasteiger partial charge in [0, 0.05) is 37.8 Å². The third kappa shape index (κ3) is 2.85. The van der Waals surface area contributed by atoms with E-state index in [9.17, 15) is 4.79 Å². The SMILES string of the molecule is COc1ccc(C(=O)N2CCN([C@@H]3C[C@@H]4CC[C@@H]3C4)CC2)cc1. The fraction of sp³-hybridized carbons (Fsp3) is 0.632. The average molecular weight is 314 g/mol. The second-order valence-electron chi connectivity index (χ2n) is 7.30. The second-order valence-corrected chi connectivity index (χ2v) is 7.30. The van der Waals surface area contributed by atoms with Crippen molar-refractivity contribution in [1.82, 2.24) is 9.80 Å². The Morgan fingerprint density at radius 1 is 1.04 bits per heavy atom. The molecule has 4 heteroatoms. The normalized spacial score (nSPS) is 30.7. The maximum atomic E-state index is 12.6. The van der Waals surface area contributed by atoms with Crippen molar-refractivity contribution >= 4 is 5.91 Å². The minimum absolute atomic E-state index is 0.153. The number of hydrogen-bond donors (Lipinski definition) is 0. The van der Waals surface area contributed by atoms with Gasteiger partial charge in [-0.05, 0) is 55.4 Å². The first-order chi connectivity index (χ1) is 11.2. The summed E-state index contributed by atoms with van der Waals surface area (Å²) in [6, 6.07) is 8.25. The lowest BCUT2D eigenvalue weighted by atomic mass is 9.93. The molecular weight excluding hydrogens is 288 g/mol. The molecule has 1 amide bonds. The zero-order valence-electron chi connectivity index (χ0n) is 13.9. The molecule has 2 bridgehead atoms. The highest BCUT2D eigenvalue weighted by atomic mass is 16.5. The molecule has 4 nitrogen and oxygen atoms in total. The van der Waals surface area contributed by atoms with Gasteiger partial charge in [0.25, 0.3) is 5.91 Å². The summed E-state index contributed by atoms with van der Waals surface area (Å²) in [5, 5.41) is 0. The van der Waals surface area contributed by atoms with Crippen molar-refractivity contribution in [3.8, 4) is 5.75 Å². The number of benzene rings is 1. The van der Waals surface area contributed by atoms with Crippen molar-refractivity contribution in [2.75, 3.05) is 33.3 Å². The molecule has 0 unspecified atom stereocenters. The van der Waals surface area contributed by atoms with Gasteiger partial charge in [-0.15, -0.1) is 0 Å². The third-order valence-corrected chi connectivity index (χ3v) is 6.11. The number of ether oxygens (including phenoxy) is 1. The van der Waals surface area contributed by atoms with Crippen LogP contribution in [0.5, 0.6) is 5.75 Å². The molecule has 1 saturated heterocycles. The number of hydrogen-bond acceptors (Lipinski definition) is 3. The topological polar surface area (TPSA) is 32.8 Å². The highest BCUT2D eigenvalue weighted by Gasteiger charge is 2.42. The zero-order chi connectivity index (χ0) is 15.8. The number of carbonyl (C=O) groups excluding carboxylic acids is 1. The first-order valence-electron chi connectivity index (χ1n) is 8.92. The Hall–Kier alpha value is -1.55. The summed E-state index contributed by atoms with van der Waals surface area (Å²) in [6.07, 6.45) is 5.74. The molecule has 1 aromatic rings. The molecule has 0 radical (unpaired) electrons. The Morgan fingerprint density at radius 3 is 2.35 bits per heavy atom. The fourth-order valence-corrected chi connectivity index (χ4v) is 4.83. The van der Waals surface area contributed by atoms with Crippen LogP contribution in [-0.4, -0.2) is 55.0 Å². The van der Waals surface area contributed by atoms with Crippen molar-refractivity contribution in [3.63, 3.8) is 0 Å². The van der Waals surface area contributed by atoms with E-state index in [1.54, 1.807) is 7.11 Å². The summed E-state index contributed by atoms with van der Waals surface area (Å²) >= 11 is 0. The molecule has 1 aliphatic heterocycles. The number of nitrogens with zero attached hydrogens (tertiary/aromatic N) is 2. The largest absolute Gasteiger partial charge is 0.497 e. The van der Waals surface area contributed by atoms with Crippen LogP contribution in [0.25, 0.3) is 0 Å². The second kappa shape index (κ2) is 6.16. The number of fused-ring (bicyclic) bond motifs is 2. The van der Waals surface area contributed by atoms with Crippen molar-refractivity contribution in [2.24, 2.45) is 11.8 Å². The summed E-state index contributed by atoms with van der Waals surface area (Å²) in [7, 11) is 1.64. The molecule has 0 spiro atoms. The molecule has 2 aliphatic carbocycles. The molecule has 0 aromatic heterocycles. The predicted molar refractivity (Wildman–Crippen MR) is 89.7 cm³/mol. The van der Waals surface area contributed by atoms with Crippen LogP contribution in [-0.2, 0) is 0 Å². The first-order valence-corrected chi connectivity index (χ1v) is 8.92. The van der Waals surface area contributed by atoms with Gasteiger partial charge in [-0.3, -0.25) is 9.69 Å². The fourth-order valence-electron chi connectivity index (χ4n) is 4.83. The van der Waals surface area contributed by atoms with E-state index in [0.29, 0.717) is 0 Å². The van der Waals surface area contributed by atoms with Crippen molar-refractivity contribution in [3.05, 3.63) is 29.8 Å². The lowest BCUT2D eigenvalue weighted by Crippen LogP contribution is -2.53. The van der Waals surface area contributed by atoms with Crippen molar-refractivity contribution in [1.29, 1.82) is 0 Å². The highest BCUT2D eigenvalue weighted by molar-refractivity contribution is 5.94. The molecule has 4 rings (SSSR count). The highest BCUT2D eigenvalue weighted by Crippen LogP contribution is 2.46. The van der Waals surface area contributed by atoms with Gasteiger partial charge in [-0.1, -0.05) is 6.42 Å². The summed E-state index contributed by atoms with van der Waals surface area (Å²) in [5.41, 5.74) is 0.763. The summed E-state index contributed by atoms with van der Waals surface area (Å²) in [4.78, 5) is 17.3. The average Bonchev–Trinajstić information content (AvgIpc) is 3.25. The Bertz CT molecular complexity index is 563. The number of piperazine rings is 1. The van der Waals surface area contributed by atoms with Crippen LogP contribution in [0.4, 0.5) is 0 Å². The number of methoxy groups -OCH3 is 1. The van der Waals surface area contributed by atoms with Crippen molar-refractivity contribution in [2.45, 2.75) is 31.7 Å². The molecule has 3 atom stereocenters. The van der Waals surface area contributed by atoms with E-state index in [1.165, 1.54) is 25.7 Å². The van der Waals surface area contributed by atoms with Crippen LogP contribution >= 0.6 is 0 Å². The van der Waals surface area contributed by atoms with Gasteiger partial charge in [-0.25, -0.2) is 0 Å². The van der Waals surface area contributed by atoms with E-state index < -0.39 is 0 Å². The standard InChI is InChI=1S/C19H26N2O2/c1-23-17-6-4-15(5-7-17)19(22)21-10-8-20(9-11-21)18-13-14-2-3-16(18)12-14/h4-7,14,16,18H,2-3,8-13H2,1H3/t14-,16-,18-/m1/s1. The van der Waals surface area contributed by atoms with E-state index in [1.807, 2.05) is 29.2 Å². The van der Waals surface area contributed by atoms with Crippen LogP contribution in [0, 0.1) is 11.8 Å². The van der Waals surface area contributed by atoms with Crippen LogP contribution in [0.15, 0.2) is 24.3 Å². The Morgan fingerprint density at radius 2 is 1.78 bits per heavy atom. The van der Waals surface area contributed by atoms with Crippen LogP contribution in [0.1, 0.15) is 36.0 Å². The van der Waals surface area contributed by atoms with Crippen molar-refractivity contribution < 1.29 is 9.53 Å². The molecular formula is C19H26N2O2.